The molecule has 4 rings (SSSR count). The number of nitrogens with zero attached hydrogens (tertiary/aromatic N) is 2. The largest absolute Gasteiger partial charge is 0.507 e. The van der Waals surface area contributed by atoms with Crippen LogP contribution in [0, 0.1) is 5.82 Å². The van der Waals surface area contributed by atoms with Gasteiger partial charge in [-0.1, -0.05) is 12.1 Å². The molecule has 0 bridgehead atoms. The van der Waals surface area contributed by atoms with E-state index in [-0.39, 0.29) is 11.3 Å². The topological polar surface area (TPSA) is 79.3 Å². The molecule has 2 aliphatic rings. The monoisotopic (exact) mass is 440 g/mol. The van der Waals surface area contributed by atoms with Crippen molar-refractivity contribution in [3.05, 3.63) is 71.0 Å². The number of benzene rings is 2. The average molecular weight is 440 g/mol. The number of carbonyl (C=O) groups excluding carboxylic acids is 2. The first-order valence-electron chi connectivity index (χ1n) is 10.5. The van der Waals surface area contributed by atoms with Crippen LogP contribution >= 0.6 is 0 Å². The molecular weight excluding hydrogens is 415 g/mol. The normalized spacial score (nSPS) is 21.2. The van der Waals surface area contributed by atoms with Gasteiger partial charge in [-0.15, -0.1) is 0 Å². The molecule has 1 atom stereocenters. The number of ether oxygens (including phenoxy) is 2. The Labute approximate surface area is 185 Å². The number of methoxy groups -OCH3 is 1. The third-order valence-electron chi connectivity index (χ3n) is 5.85. The molecule has 2 aromatic carbocycles. The Morgan fingerprint density at radius 3 is 2.34 bits per heavy atom. The van der Waals surface area contributed by atoms with Gasteiger partial charge in [0, 0.05) is 31.7 Å². The summed E-state index contributed by atoms with van der Waals surface area (Å²) in [7, 11) is 1.53. The van der Waals surface area contributed by atoms with E-state index in [2.05, 4.69) is 4.90 Å². The highest BCUT2D eigenvalue weighted by molar-refractivity contribution is 6.46. The smallest absolute Gasteiger partial charge is 0.295 e. The fourth-order valence-corrected chi connectivity index (χ4v) is 4.08. The van der Waals surface area contributed by atoms with Crippen molar-refractivity contribution in [2.24, 2.45) is 0 Å². The number of Topliss-reactive ketones (excluding diaryl/α,β-unsaturated/α-hetero) is 1. The minimum atomic E-state index is -0.807. The van der Waals surface area contributed by atoms with Crippen LogP contribution in [0.25, 0.3) is 5.76 Å². The number of aliphatic hydroxyl groups excluding tert-OH is 1. The Balaban J connectivity index is 1.71. The van der Waals surface area contributed by atoms with E-state index in [4.69, 9.17) is 9.47 Å². The molecule has 2 aliphatic heterocycles. The minimum absolute atomic E-state index is 0.00578. The van der Waals surface area contributed by atoms with Gasteiger partial charge in [0.1, 0.15) is 17.3 Å². The van der Waals surface area contributed by atoms with Crippen LogP contribution in [0.3, 0.4) is 0 Å². The van der Waals surface area contributed by atoms with Gasteiger partial charge in [0.25, 0.3) is 11.7 Å². The third kappa shape index (κ3) is 4.37. The Morgan fingerprint density at radius 2 is 1.72 bits per heavy atom. The molecule has 0 radical (unpaired) electrons. The summed E-state index contributed by atoms with van der Waals surface area (Å²) in [4.78, 5) is 29.6. The lowest BCUT2D eigenvalue weighted by molar-refractivity contribution is -0.140. The first-order valence-corrected chi connectivity index (χ1v) is 10.5. The Hall–Kier alpha value is -3.23. The fraction of sp³-hybridized carbons (Fsp3) is 0.333. The van der Waals surface area contributed by atoms with Gasteiger partial charge in [0.05, 0.1) is 31.9 Å². The Morgan fingerprint density at radius 1 is 1.06 bits per heavy atom. The maximum atomic E-state index is 13.6. The van der Waals surface area contributed by atoms with Crippen molar-refractivity contribution in [3.63, 3.8) is 0 Å². The number of halogens is 1. The zero-order valence-corrected chi connectivity index (χ0v) is 17.8. The van der Waals surface area contributed by atoms with Crippen LogP contribution in [-0.4, -0.2) is 73.1 Å². The molecule has 2 saturated heterocycles. The molecule has 2 aromatic rings. The van der Waals surface area contributed by atoms with Crippen LogP contribution in [0.1, 0.15) is 17.2 Å². The van der Waals surface area contributed by atoms with E-state index in [0.717, 1.165) is 13.1 Å². The minimum Gasteiger partial charge on any atom is -0.507 e. The summed E-state index contributed by atoms with van der Waals surface area (Å²) < 4.78 is 24.1. The standard InChI is InChI=1S/C24H25FN2O5/c1-31-19-8-4-17(5-9-19)22(28)20-21(16-2-6-18(25)7-3-16)27(24(30)23(20)29)11-10-26-12-14-32-15-13-26/h2-9,21,28H,10-15H2,1H3/b22-20+. The van der Waals surface area contributed by atoms with Crippen molar-refractivity contribution < 1.29 is 28.6 Å². The van der Waals surface area contributed by atoms with E-state index in [1.807, 2.05) is 0 Å². The van der Waals surface area contributed by atoms with Gasteiger partial charge in [-0.25, -0.2) is 4.39 Å². The summed E-state index contributed by atoms with van der Waals surface area (Å²) in [5.41, 5.74) is 0.945. The second-order valence-corrected chi connectivity index (χ2v) is 7.73. The molecule has 1 N–H and O–H groups in total. The van der Waals surface area contributed by atoms with Crippen LogP contribution in [-0.2, 0) is 14.3 Å². The lowest BCUT2D eigenvalue weighted by Crippen LogP contribution is -2.42. The van der Waals surface area contributed by atoms with E-state index in [0.29, 0.717) is 43.2 Å². The number of hydrogen-bond acceptors (Lipinski definition) is 6. The maximum absolute atomic E-state index is 13.6. The molecule has 2 heterocycles. The Kier molecular flexibility index (Phi) is 6.53. The average Bonchev–Trinajstić information content (AvgIpc) is 3.08. The molecule has 0 aliphatic carbocycles. The number of rotatable bonds is 6. The molecule has 32 heavy (non-hydrogen) atoms. The third-order valence-corrected chi connectivity index (χ3v) is 5.85. The second-order valence-electron chi connectivity index (χ2n) is 7.73. The van der Waals surface area contributed by atoms with Gasteiger partial charge >= 0.3 is 0 Å². The number of likely N-dealkylation sites (tertiary alicyclic amines) is 1. The molecule has 0 spiro atoms. The van der Waals surface area contributed by atoms with Gasteiger partial charge < -0.3 is 19.5 Å². The summed E-state index contributed by atoms with van der Waals surface area (Å²) in [5, 5.41) is 11.0. The number of hydrogen-bond donors (Lipinski definition) is 1. The quantitative estimate of drug-likeness (QED) is 0.423. The first kappa shape index (κ1) is 22.0. The predicted octanol–water partition coefficient (Wildman–Crippen LogP) is 2.59. The van der Waals surface area contributed by atoms with Crippen LogP contribution in [0.2, 0.25) is 0 Å². The van der Waals surface area contributed by atoms with Crippen molar-refractivity contribution >= 4 is 17.4 Å². The van der Waals surface area contributed by atoms with Gasteiger partial charge in [0.2, 0.25) is 0 Å². The van der Waals surface area contributed by atoms with Crippen molar-refractivity contribution in [2.75, 3.05) is 46.5 Å². The van der Waals surface area contributed by atoms with Crippen LogP contribution in [0.15, 0.2) is 54.1 Å². The number of morpholine rings is 1. The van der Waals surface area contributed by atoms with Crippen molar-refractivity contribution in [1.82, 2.24) is 9.80 Å². The summed E-state index contributed by atoms with van der Waals surface area (Å²) in [6.07, 6.45) is 0. The highest BCUT2D eigenvalue weighted by atomic mass is 19.1. The molecule has 8 heteroatoms. The van der Waals surface area contributed by atoms with Crippen LogP contribution in [0.5, 0.6) is 5.75 Å². The first-order chi connectivity index (χ1) is 15.5. The SMILES string of the molecule is COc1ccc(/C(O)=C2\C(=O)C(=O)N(CCN3CCOCC3)C2c2ccc(F)cc2)cc1. The maximum Gasteiger partial charge on any atom is 0.295 e. The molecule has 0 aromatic heterocycles. The van der Waals surface area contributed by atoms with E-state index in [1.54, 1.807) is 24.3 Å². The molecule has 2 fully saturated rings. The molecule has 1 amide bonds. The summed E-state index contributed by atoms with van der Waals surface area (Å²) in [5.74, 6) is -1.52. The van der Waals surface area contributed by atoms with Crippen molar-refractivity contribution in [2.45, 2.75) is 6.04 Å². The van der Waals surface area contributed by atoms with Gasteiger partial charge in [-0.3, -0.25) is 14.5 Å². The molecular formula is C24H25FN2O5. The highest BCUT2D eigenvalue weighted by Gasteiger charge is 2.46. The number of amides is 1. The number of aliphatic hydroxyl groups is 1. The molecule has 1 unspecified atom stereocenters. The van der Waals surface area contributed by atoms with Gasteiger partial charge in [-0.2, -0.15) is 0 Å². The van der Waals surface area contributed by atoms with E-state index in [9.17, 15) is 19.1 Å². The summed E-state index contributed by atoms with van der Waals surface area (Å²) in [6.45, 7) is 3.60. The molecule has 7 nitrogen and oxygen atoms in total. The Bertz CT molecular complexity index is 1010. The fourth-order valence-electron chi connectivity index (χ4n) is 4.08. The zero-order chi connectivity index (χ0) is 22.7. The predicted molar refractivity (Wildman–Crippen MR) is 116 cm³/mol. The van der Waals surface area contributed by atoms with Gasteiger partial charge in [-0.05, 0) is 42.0 Å². The number of carbonyl (C=O) groups is 2. The second kappa shape index (κ2) is 9.50. The highest BCUT2D eigenvalue weighted by Crippen LogP contribution is 2.39. The lowest BCUT2D eigenvalue weighted by atomic mass is 9.95. The van der Waals surface area contributed by atoms with Crippen molar-refractivity contribution in [3.8, 4) is 5.75 Å². The van der Waals surface area contributed by atoms with E-state index < -0.39 is 23.5 Å². The van der Waals surface area contributed by atoms with E-state index in [1.165, 1.54) is 36.3 Å². The lowest BCUT2D eigenvalue weighted by Gasteiger charge is -2.31. The summed E-state index contributed by atoms with van der Waals surface area (Å²) >= 11 is 0. The molecule has 0 saturated carbocycles. The van der Waals surface area contributed by atoms with Crippen molar-refractivity contribution in [1.29, 1.82) is 0 Å². The van der Waals surface area contributed by atoms with E-state index >= 15 is 0 Å². The zero-order valence-electron chi connectivity index (χ0n) is 17.8. The van der Waals surface area contributed by atoms with Gasteiger partial charge in [0.15, 0.2) is 0 Å². The molecule has 168 valence electrons. The summed E-state index contributed by atoms with van der Waals surface area (Å²) in [6, 6.07) is 11.4. The number of ketones is 1. The van der Waals surface area contributed by atoms with Crippen LogP contribution < -0.4 is 4.74 Å². The van der Waals surface area contributed by atoms with Crippen LogP contribution in [0.4, 0.5) is 4.39 Å².